The van der Waals surface area contributed by atoms with Gasteiger partial charge in [0.25, 0.3) is 5.91 Å². The summed E-state index contributed by atoms with van der Waals surface area (Å²) in [6.07, 6.45) is 0. The molecule has 0 unspecified atom stereocenters. The quantitative estimate of drug-likeness (QED) is 0.661. The molecule has 1 amide bonds. The van der Waals surface area contributed by atoms with Gasteiger partial charge in [0.1, 0.15) is 5.75 Å². The first kappa shape index (κ1) is 20.3. The summed E-state index contributed by atoms with van der Waals surface area (Å²) in [7, 11) is 0. The monoisotopic (exact) mass is 370 g/mol. The number of ether oxygens (including phenoxy) is 2. The van der Waals surface area contributed by atoms with Gasteiger partial charge in [-0.3, -0.25) is 4.79 Å². The fourth-order valence-corrected chi connectivity index (χ4v) is 2.11. The zero-order valence-corrected chi connectivity index (χ0v) is 15.9. The topological polar surface area (TPSA) is 76.7 Å². The average molecular weight is 370 g/mol. The Morgan fingerprint density at radius 3 is 2.15 bits per heavy atom. The molecule has 0 fully saturated rings. The van der Waals surface area contributed by atoms with Crippen molar-refractivity contribution in [2.75, 3.05) is 18.5 Å². The van der Waals surface area contributed by atoms with E-state index in [0.717, 1.165) is 11.4 Å². The van der Waals surface area contributed by atoms with Gasteiger partial charge in [0.2, 0.25) is 0 Å². The highest BCUT2D eigenvalue weighted by atomic mass is 16.6. The number of para-hydroxylation sites is 1. The number of amides is 1. The van der Waals surface area contributed by atoms with Gasteiger partial charge >= 0.3 is 5.97 Å². The third-order valence-corrected chi connectivity index (χ3v) is 4.03. The van der Waals surface area contributed by atoms with Crippen LogP contribution in [0.25, 0.3) is 0 Å². The number of benzene rings is 2. The van der Waals surface area contributed by atoms with Crippen molar-refractivity contribution >= 4 is 23.3 Å². The molecule has 0 saturated heterocycles. The van der Waals surface area contributed by atoms with Crippen molar-refractivity contribution in [1.29, 1.82) is 0 Å². The Kier molecular flexibility index (Phi) is 7.67. The van der Waals surface area contributed by atoms with Crippen LogP contribution in [0.5, 0.6) is 5.75 Å². The summed E-state index contributed by atoms with van der Waals surface area (Å²) < 4.78 is 10.3. The molecule has 27 heavy (non-hydrogen) atoms. The minimum atomic E-state index is -0.589. The molecule has 0 aliphatic carbocycles. The number of nitrogens with one attached hydrogen (secondary N) is 2. The van der Waals surface area contributed by atoms with E-state index in [1.54, 1.807) is 12.1 Å². The van der Waals surface area contributed by atoms with Crippen molar-refractivity contribution in [3.05, 3.63) is 54.6 Å². The second kappa shape index (κ2) is 10.2. The van der Waals surface area contributed by atoms with E-state index in [0.29, 0.717) is 11.7 Å². The lowest BCUT2D eigenvalue weighted by Gasteiger charge is -2.17. The number of esters is 1. The Labute approximate surface area is 159 Å². The van der Waals surface area contributed by atoms with Crippen molar-refractivity contribution in [1.82, 2.24) is 5.32 Å². The molecule has 0 saturated carbocycles. The standard InChI is InChI=1S/C21H26N2O4/c1-15(2)16(3)22-20(24)13-27-21(25)14-26-19-11-9-18(10-12-19)23-17-7-5-4-6-8-17/h4-12,15-16,23H,13-14H2,1-3H3,(H,22,24)/t16-/m0/s1. The first-order chi connectivity index (χ1) is 12.9. The average Bonchev–Trinajstić information content (AvgIpc) is 2.66. The lowest BCUT2D eigenvalue weighted by molar-refractivity contribution is -0.150. The Bertz CT molecular complexity index is 730. The first-order valence-corrected chi connectivity index (χ1v) is 8.94. The highest BCUT2D eigenvalue weighted by molar-refractivity contribution is 5.81. The SMILES string of the molecule is CC(C)[C@H](C)NC(=O)COC(=O)COc1ccc(Nc2ccccc2)cc1. The minimum absolute atomic E-state index is 0.0236. The first-order valence-electron chi connectivity index (χ1n) is 8.94. The molecule has 0 aliphatic rings. The summed E-state index contributed by atoms with van der Waals surface area (Å²) in [5.74, 6) is -0.0505. The molecule has 144 valence electrons. The van der Waals surface area contributed by atoms with Crippen LogP contribution in [-0.4, -0.2) is 31.1 Å². The van der Waals surface area contributed by atoms with Gasteiger partial charge in [-0.25, -0.2) is 4.79 Å². The van der Waals surface area contributed by atoms with E-state index in [9.17, 15) is 9.59 Å². The number of carbonyl (C=O) groups is 2. The maximum Gasteiger partial charge on any atom is 0.344 e. The molecule has 6 nitrogen and oxygen atoms in total. The van der Waals surface area contributed by atoms with Crippen molar-refractivity contribution in [3.63, 3.8) is 0 Å². The predicted molar refractivity (Wildman–Crippen MR) is 105 cm³/mol. The number of hydrogen-bond acceptors (Lipinski definition) is 5. The largest absolute Gasteiger partial charge is 0.482 e. The third kappa shape index (κ3) is 7.40. The van der Waals surface area contributed by atoms with Crippen LogP contribution >= 0.6 is 0 Å². The van der Waals surface area contributed by atoms with Crippen molar-refractivity contribution < 1.29 is 19.1 Å². The molecule has 0 aromatic heterocycles. The number of carbonyl (C=O) groups excluding carboxylic acids is 2. The van der Waals surface area contributed by atoms with Crippen LogP contribution in [0, 0.1) is 5.92 Å². The molecule has 1 atom stereocenters. The fraction of sp³-hybridized carbons (Fsp3) is 0.333. The summed E-state index contributed by atoms with van der Waals surface area (Å²) >= 11 is 0. The molecule has 0 spiro atoms. The Morgan fingerprint density at radius 2 is 1.52 bits per heavy atom. The summed E-state index contributed by atoms with van der Waals surface area (Å²) in [6.45, 7) is 5.36. The number of rotatable bonds is 9. The molecular weight excluding hydrogens is 344 g/mol. The van der Waals surface area contributed by atoms with E-state index in [4.69, 9.17) is 9.47 Å². The van der Waals surface area contributed by atoms with Gasteiger partial charge in [-0.1, -0.05) is 32.0 Å². The Balaban J connectivity index is 1.71. The van der Waals surface area contributed by atoms with Crippen molar-refractivity contribution in [3.8, 4) is 5.75 Å². The highest BCUT2D eigenvalue weighted by Gasteiger charge is 2.13. The van der Waals surface area contributed by atoms with Crippen LogP contribution in [0.1, 0.15) is 20.8 Å². The van der Waals surface area contributed by atoms with Crippen LogP contribution in [0.4, 0.5) is 11.4 Å². The molecule has 2 N–H and O–H groups in total. The van der Waals surface area contributed by atoms with Crippen molar-refractivity contribution in [2.24, 2.45) is 5.92 Å². The molecule has 0 heterocycles. The van der Waals surface area contributed by atoms with Gasteiger partial charge in [-0.2, -0.15) is 0 Å². The summed E-state index contributed by atoms with van der Waals surface area (Å²) in [5, 5.41) is 6.03. The van der Waals surface area contributed by atoms with Crippen LogP contribution in [0.15, 0.2) is 54.6 Å². The summed E-state index contributed by atoms with van der Waals surface area (Å²) in [5.41, 5.74) is 1.90. The molecule has 0 aliphatic heterocycles. The van der Waals surface area contributed by atoms with Crippen LogP contribution in [0.2, 0.25) is 0 Å². The van der Waals surface area contributed by atoms with Gasteiger partial charge in [0.15, 0.2) is 13.2 Å². The van der Waals surface area contributed by atoms with E-state index >= 15 is 0 Å². The van der Waals surface area contributed by atoms with E-state index in [-0.39, 0.29) is 25.2 Å². The van der Waals surface area contributed by atoms with E-state index < -0.39 is 5.97 Å². The predicted octanol–water partition coefficient (Wildman–Crippen LogP) is 3.51. The van der Waals surface area contributed by atoms with Gasteiger partial charge in [-0.05, 0) is 49.2 Å². The van der Waals surface area contributed by atoms with Crippen LogP contribution in [-0.2, 0) is 14.3 Å². The molecular formula is C21H26N2O4. The van der Waals surface area contributed by atoms with Crippen LogP contribution in [0.3, 0.4) is 0 Å². The summed E-state index contributed by atoms with van der Waals surface area (Å²) in [4.78, 5) is 23.4. The van der Waals surface area contributed by atoms with Gasteiger partial charge < -0.3 is 20.1 Å². The second-order valence-electron chi connectivity index (χ2n) is 6.56. The molecule has 2 aromatic rings. The molecule has 2 rings (SSSR count). The molecule has 0 radical (unpaired) electrons. The van der Waals surface area contributed by atoms with Gasteiger partial charge in [-0.15, -0.1) is 0 Å². The molecule has 2 aromatic carbocycles. The van der Waals surface area contributed by atoms with Gasteiger partial charge in [0.05, 0.1) is 0 Å². The molecule has 6 heteroatoms. The van der Waals surface area contributed by atoms with E-state index in [1.165, 1.54) is 0 Å². The normalized spacial score (nSPS) is 11.6. The zero-order valence-electron chi connectivity index (χ0n) is 15.9. The Morgan fingerprint density at radius 1 is 0.889 bits per heavy atom. The fourth-order valence-electron chi connectivity index (χ4n) is 2.11. The highest BCUT2D eigenvalue weighted by Crippen LogP contribution is 2.19. The number of anilines is 2. The summed E-state index contributed by atoms with van der Waals surface area (Å²) in [6, 6.07) is 17.1. The maximum atomic E-state index is 11.7. The second-order valence-corrected chi connectivity index (χ2v) is 6.56. The Hall–Kier alpha value is -3.02. The molecule has 0 bridgehead atoms. The van der Waals surface area contributed by atoms with Crippen molar-refractivity contribution in [2.45, 2.75) is 26.8 Å². The zero-order chi connectivity index (χ0) is 19.6. The lowest BCUT2D eigenvalue weighted by atomic mass is 10.1. The minimum Gasteiger partial charge on any atom is -0.482 e. The van der Waals surface area contributed by atoms with E-state index in [1.807, 2.05) is 63.2 Å². The van der Waals surface area contributed by atoms with Gasteiger partial charge in [0, 0.05) is 17.4 Å². The van der Waals surface area contributed by atoms with Crippen LogP contribution < -0.4 is 15.4 Å². The lowest BCUT2D eigenvalue weighted by Crippen LogP contribution is -2.39. The van der Waals surface area contributed by atoms with E-state index in [2.05, 4.69) is 10.6 Å². The third-order valence-electron chi connectivity index (χ3n) is 4.03. The maximum absolute atomic E-state index is 11.7. The smallest absolute Gasteiger partial charge is 0.344 e. The number of hydrogen-bond donors (Lipinski definition) is 2.